The molecular weight excluding hydrogens is 160 g/mol. The lowest BCUT2D eigenvalue weighted by atomic mass is 10.2. The number of carbonyl (C=O) groups excluding carboxylic acids is 1. The molecule has 4 heteroatoms. The Labute approximate surface area is 69.3 Å². The predicted octanol–water partition coefficient (Wildman–Crippen LogP) is 0.602. The number of rotatable bonds is 3. The number of ketones is 1. The maximum absolute atomic E-state index is 11.1. The SMILES string of the molecule is C[C@H](N)C(=O)Cc1nccs1. The van der Waals surface area contributed by atoms with E-state index in [1.165, 1.54) is 11.3 Å². The number of nitrogens with two attached hydrogens (primary N) is 1. The number of hydrogen-bond acceptors (Lipinski definition) is 4. The Hall–Kier alpha value is -0.740. The molecule has 0 amide bonds. The lowest BCUT2D eigenvalue weighted by Crippen LogP contribution is -2.27. The molecule has 0 aliphatic rings. The molecule has 0 fully saturated rings. The molecule has 11 heavy (non-hydrogen) atoms. The maximum atomic E-state index is 11.1. The highest BCUT2D eigenvalue weighted by Gasteiger charge is 2.09. The fraction of sp³-hybridized carbons (Fsp3) is 0.429. The van der Waals surface area contributed by atoms with Crippen LogP contribution in [0.2, 0.25) is 0 Å². The van der Waals surface area contributed by atoms with E-state index in [4.69, 9.17) is 5.73 Å². The van der Waals surface area contributed by atoms with Crippen LogP contribution < -0.4 is 5.73 Å². The van der Waals surface area contributed by atoms with Gasteiger partial charge in [0, 0.05) is 11.6 Å². The van der Waals surface area contributed by atoms with Gasteiger partial charge >= 0.3 is 0 Å². The van der Waals surface area contributed by atoms with Gasteiger partial charge in [-0.3, -0.25) is 4.79 Å². The molecule has 1 rings (SSSR count). The first-order valence-corrected chi connectivity index (χ1v) is 4.25. The van der Waals surface area contributed by atoms with Gasteiger partial charge in [0.25, 0.3) is 0 Å². The molecule has 0 spiro atoms. The Balaban J connectivity index is 2.50. The molecule has 0 saturated heterocycles. The Morgan fingerprint density at radius 1 is 1.91 bits per heavy atom. The standard InChI is InChI=1S/C7H10N2OS/c1-5(8)6(10)4-7-9-2-3-11-7/h2-3,5H,4,8H2,1H3/t5-/m0/s1. The highest BCUT2D eigenvalue weighted by Crippen LogP contribution is 2.05. The second-order valence-corrected chi connectivity index (χ2v) is 3.34. The highest BCUT2D eigenvalue weighted by molar-refractivity contribution is 7.09. The summed E-state index contributed by atoms with van der Waals surface area (Å²) in [6.45, 7) is 1.69. The molecule has 2 N–H and O–H groups in total. The molecule has 1 atom stereocenters. The Morgan fingerprint density at radius 3 is 3.09 bits per heavy atom. The van der Waals surface area contributed by atoms with Gasteiger partial charge < -0.3 is 5.73 Å². The third kappa shape index (κ3) is 2.40. The van der Waals surface area contributed by atoms with Gasteiger partial charge in [-0.1, -0.05) is 0 Å². The summed E-state index contributed by atoms with van der Waals surface area (Å²) in [4.78, 5) is 15.0. The Bertz CT molecular complexity index is 231. The van der Waals surface area contributed by atoms with E-state index in [0.29, 0.717) is 6.42 Å². The van der Waals surface area contributed by atoms with E-state index < -0.39 is 0 Å². The summed E-state index contributed by atoms with van der Waals surface area (Å²) < 4.78 is 0. The number of thiazole rings is 1. The minimum Gasteiger partial charge on any atom is -0.322 e. The van der Waals surface area contributed by atoms with Crippen LogP contribution in [0.3, 0.4) is 0 Å². The van der Waals surface area contributed by atoms with Gasteiger partial charge in [0.2, 0.25) is 0 Å². The van der Waals surface area contributed by atoms with Gasteiger partial charge in [0.05, 0.1) is 17.5 Å². The first kappa shape index (κ1) is 8.36. The first-order chi connectivity index (χ1) is 5.20. The molecule has 0 saturated carbocycles. The zero-order chi connectivity index (χ0) is 8.27. The molecule has 0 bridgehead atoms. The second kappa shape index (κ2) is 3.59. The fourth-order valence-electron chi connectivity index (χ4n) is 0.650. The Morgan fingerprint density at radius 2 is 2.64 bits per heavy atom. The van der Waals surface area contributed by atoms with Gasteiger partial charge in [-0.25, -0.2) is 4.98 Å². The number of aromatic nitrogens is 1. The molecule has 0 radical (unpaired) electrons. The summed E-state index contributed by atoms with van der Waals surface area (Å²) >= 11 is 1.48. The van der Waals surface area contributed by atoms with E-state index >= 15 is 0 Å². The molecule has 0 unspecified atom stereocenters. The van der Waals surface area contributed by atoms with E-state index in [1.54, 1.807) is 13.1 Å². The Kier molecular flexibility index (Phi) is 2.73. The first-order valence-electron chi connectivity index (χ1n) is 3.37. The summed E-state index contributed by atoms with van der Waals surface area (Å²) in [7, 11) is 0. The summed E-state index contributed by atoms with van der Waals surface area (Å²) in [5, 5.41) is 2.69. The van der Waals surface area contributed by atoms with Crippen LogP contribution in [0.25, 0.3) is 0 Å². The summed E-state index contributed by atoms with van der Waals surface area (Å²) in [6.07, 6.45) is 2.06. The van der Waals surface area contributed by atoms with Crippen LogP contribution in [0.4, 0.5) is 0 Å². The summed E-state index contributed by atoms with van der Waals surface area (Å²) in [6, 6.07) is -0.376. The molecule has 1 heterocycles. The van der Waals surface area contributed by atoms with Gasteiger partial charge in [-0.2, -0.15) is 0 Å². The van der Waals surface area contributed by atoms with E-state index in [9.17, 15) is 4.79 Å². The lowest BCUT2D eigenvalue weighted by molar-refractivity contribution is -0.119. The van der Waals surface area contributed by atoms with E-state index in [2.05, 4.69) is 4.98 Å². The summed E-state index contributed by atoms with van der Waals surface area (Å²) in [5.41, 5.74) is 5.38. The zero-order valence-electron chi connectivity index (χ0n) is 6.28. The molecule has 0 aliphatic heterocycles. The van der Waals surface area contributed by atoms with Gasteiger partial charge in [0.1, 0.15) is 0 Å². The minimum absolute atomic E-state index is 0.0416. The van der Waals surface area contributed by atoms with Crippen LogP contribution in [0.15, 0.2) is 11.6 Å². The van der Waals surface area contributed by atoms with Crippen LogP contribution in [0, 0.1) is 0 Å². The van der Waals surface area contributed by atoms with Crippen molar-refractivity contribution in [2.24, 2.45) is 5.73 Å². The van der Waals surface area contributed by atoms with E-state index in [1.807, 2.05) is 5.38 Å². The molecule has 60 valence electrons. The molecule has 0 aliphatic carbocycles. The average Bonchev–Trinajstić information content (AvgIpc) is 2.39. The number of hydrogen-bond donors (Lipinski definition) is 1. The quantitative estimate of drug-likeness (QED) is 0.722. The third-order valence-corrected chi connectivity index (χ3v) is 2.10. The molecule has 3 nitrogen and oxygen atoms in total. The third-order valence-electron chi connectivity index (χ3n) is 1.32. The fourth-order valence-corrected chi connectivity index (χ4v) is 1.28. The van der Waals surface area contributed by atoms with Gasteiger partial charge in [-0.15, -0.1) is 11.3 Å². The van der Waals surface area contributed by atoms with Crippen LogP contribution >= 0.6 is 11.3 Å². The van der Waals surface area contributed by atoms with Crippen LogP contribution in [0.5, 0.6) is 0 Å². The minimum atomic E-state index is -0.376. The smallest absolute Gasteiger partial charge is 0.156 e. The average molecular weight is 170 g/mol. The largest absolute Gasteiger partial charge is 0.322 e. The van der Waals surface area contributed by atoms with Crippen molar-refractivity contribution < 1.29 is 4.79 Å². The lowest BCUT2D eigenvalue weighted by Gasteiger charge is -1.99. The molecule has 1 aromatic heterocycles. The number of carbonyl (C=O) groups is 1. The van der Waals surface area contributed by atoms with E-state index in [0.717, 1.165) is 5.01 Å². The van der Waals surface area contributed by atoms with Crippen molar-refractivity contribution in [2.45, 2.75) is 19.4 Å². The van der Waals surface area contributed by atoms with E-state index in [-0.39, 0.29) is 11.8 Å². The van der Waals surface area contributed by atoms with Crippen molar-refractivity contribution in [1.82, 2.24) is 4.98 Å². The van der Waals surface area contributed by atoms with Crippen LogP contribution in [-0.2, 0) is 11.2 Å². The van der Waals surface area contributed by atoms with Crippen molar-refractivity contribution in [3.63, 3.8) is 0 Å². The molecule has 1 aromatic rings. The van der Waals surface area contributed by atoms with Gasteiger partial charge in [-0.05, 0) is 6.92 Å². The summed E-state index contributed by atoms with van der Waals surface area (Å²) in [5.74, 6) is 0.0416. The van der Waals surface area contributed by atoms with Crippen molar-refractivity contribution in [3.05, 3.63) is 16.6 Å². The molecular formula is C7H10N2OS. The molecule has 0 aromatic carbocycles. The van der Waals surface area contributed by atoms with Crippen molar-refractivity contribution in [1.29, 1.82) is 0 Å². The topological polar surface area (TPSA) is 56.0 Å². The normalized spacial score (nSPS) is 12.9. The highest BCUT2D eigenvalue weighted by atomic mass is 32.1. The van der Waals surface area contributed by atoms with Crippen molar-refractivity contribution in [2.75, 3.05) is 0 Å². The number of Topliss-reactive ketones (excluding diaryl/α,β-unsaturated/α-hetero) is 1. The van der Waals surface area contributed by atoms with Crippen LogP contribution in [-0.4, -0.2) is 16.8 Å². The van der Waals surface area contributed by atoms with Gasteiger partial charge in [0.15, 0.2) is 5.78 Å². The second-order valence-electron chi connectivity index (χ2n) is 2.36. The maximum Gasteiger partial charge on any atom is 0.156 e. The van der Waals surface area contributed by atoms with Crippen LogP contribution in [0.1, 0.15) is 11.9 Å². The monoisotopic (exact) mass is 170 g/mol. The van der Waals surface area contributed by atoms with Crippen molar-refractivity contribution in [3.8, 4) is 0 Å². The zero-order valence-corrected chi connectivity index (χ0v) is 7.10. The van der Waals surface area contributed by atoms with Crippen molar-refractivity contribution >= 4 is 17.1 Å². The predicted molar refractivity (Wildman–Crippen MR) is 44.5 cm³/mol. The number of nitrogens with zero attached hydrogens (tertiary/aromatic N) is 1.